The van der Waals surface area contributed by atoms with Crippen molar-refractivity contribution in [2.75, 3.05) is 20.8 Å². The summed E-state index contributed by atoms with van der Waals surface area (Å²) in [4.78, 5) is 32.4. The van der Waals surface area contributed by atoms with Gasteiger partial charge in [0.15, 0.2) is 6.04 Å². The lowest BCUT2D eigenvalue weighted by Crippen LogP contribution is -3.00. The fourth-order valence-electron chi connectivity index (χ4n) is 0.809. The third-order valence-corrected chi connectivity index (χ3v) is 1.68. The van der Waals surface area contributed by atoms with Crippen LogP contribution in [0.5, 0.6) is 0 Å². The summed E-state index contributed by atoms with van der Waals surface area (Å²) in [7, 11) is 2.37. The van der Waals surface area contributed by atoms with Crippen LogP contribution in [0.1, 0.15) is 6.42 Å². The molecule has 1 amide bonds. The van der Waals surface area contributed by atoms with Gasteiger partial charge in [-0.25, -0.2) is 9.59 Å². The number of quaternary nitrogens is 1. The molecule has 0 aliphatic carbocycles. The Morgan fingerprint density at radius 1 is 1.25 bits per heavy atom. The first-order valence-electron chi connectivity index (χ1n) is 4.30. The van der Waals surface area contributed by atoms with Crippen LogP contribution >= 0.6 is 0 Å². The van der Waals surface area contributed by atoms with Crippen LogP contribution in [-0.2, 0) is 23.9 Å². The number of esters is 2. The monoisotopic (exact) mass is 254 g/mol. The van der Waals surface area contributed by atoms with Crippen molar-refractivity contribution in [1.82, 2.24) is 5.32 Å². The zero-order chi connectivity index (χ0) is 11.8. The molecule has 0 aliphatic heterocycles. The van der Waals surface area contributed by atoms with E-state index >= 15 is 0 Å². The van der Waals surface area contributed by atoms with E-state index in [-0.39, 0.29) is 19.0 Å². The standard InChI is InChI=1S/C8H14N2O5.ClH/c1-14-7(12)5(9)3-4-10-6(11)8(13)15-2;/h5H,3-4,9H2,1-2H3,(H,10,11);1H/t5-;/m0./s1. The number of nitrogens with one attached hydrogen (secondary N) is 1. The molecule has 0 saturated heterocycles. The first-order chi connectivity index (χ1) is 7.02. The highest BCUT2D eigenvalue weighted by Gasteiger charge is 2.19. The second-order valence-electron chi connectivity index (χ2n) is 2.76. The van der Waals surface area contributed by atoms with E-state index in [1.54, 1.807) is 0 Å². The number of amides is 1. The minimum atomic E-state index is -0.964. The molecule has 16 heavy (non-hydrogen) atoms. The van der Waals surface area contributed by atoms with Crippen LogP contribution in [0.4, 0.5) is 0 Å². The predicted molar refractivity (Wildman–Crippen MR) is 48.3 cm³/mol. The molecule has 0 rings (SSSR count). The fourth-order valence-corrected chi connectivity index (χ4v) is 0.809. The average Bonchev–Trinajstić information content (AvgIpc) is 2.26. The molecule has 0 aromatic heterocycles. The van der Waals surface area contributed by atoms with Crippen molar-refractivity contribution in [2.45, 2.75) is 12.5 Å². The van der Waals surface area contributed by atoms with Crippen LogP contribution in [0, 0.1) is 0 Å². The quantitative estimate of drug-likeness (QED) is 0.384. The second kappa shape index (κ2) is 8.93. The first kappa shape index (κ1) is 17.1. The van der Waals surface area contributed by atoms with Crippen molar-refractivity contribution in [1.29, 1.82) is 0 Å². The number of hydrogen-bond donors (Lipinski definition) is 2. The summed E-state index contributed by atoms with van der Waals surface area (Å²) in [5, 5.41) is 2.28. The normalized spacial score (nSPS) is 10.7. The van der Waals surface area contributed by atoms with Gasteiger partial charge in [0.2, 0.25) is 0 Å². The lowest BCUT2D eigenvalue weighted by Gasteiger charge is -2.06. The molecule has 1 atom stereocenters. The van der Waals surface area contributed by atoms with E-state index in [2.05, 4.69) is 20.5 Å². The van der Waals surface area contributed by atoms with Crippen LogP contribution in [-0.4, -0.2) is 44.7 Å². The van der Waals surface area contributed by atoms with Crippen LogP contribution in [0.25, 0.3) is 0 Å². The summed E-state index contributed by atoms with van der Waals surface area (Å²) in [6, 6.07) is -0.562. The Labute approximate surface area is 99.0 Å². The van der Waals surface area contributed by atoms with Crippen molar-refractivity contribution < 1.29 is 42.0 Å². The molecule has 0 aromatic rings. The Morgan fingerprint density at radius 3 is 2.25 bits per heavy atom. The minimum Gasteiger partial charge on any atom is -1.00 e. The molecule has 0 spiro atoms. The van der Waals surface area contributed by atoms with Crippen LogP contribution in [0.15, 0.2) is 0 Å². The summed E-state index contributed by atoms with van der Waals surface area (Å²) in [5.74, 6) is -2.26. The zero-order valence-corrected chi connectivity index (χ0v) is 9.87. The van der Waals surface area contributed by atoms with Gasteiger partial charge in [0.25, 0.3) is 0 Å². The molecule has 0 bridgehead atoms. The molecule has 0 heterocycles. The van der Waals surface area contributed by atoms with Crippen LogP contribution in [0.2, 0.25) is 0 Å². The molecule has 7 nitrogen and oxygen atoms in total. The van der Waals surface area contributed by atoms with E-state index in [0.717, 1.165) is 7.11 Å². The lowest BCUT2D eigenvalue weighted by molar-refractivity contribution is -0.408. The van der Waals surface area contributed by atoms with Crippen molar-refractivity contribution >= 4 is 17.8 Å². The van der Waals surface area contributed by atoms with Gasteiger partial charge in [0.05, 0.1) is 14.2 Å². The lowest BCUT2D eigenvalue weighted by atomic mass is 10.2. The topological polar surface area (TPSA) is 109 Å². The van der Waals surface area contributed by atoms with Gasteiger partial charge in [-0.2, -0.15) is 0 Å². The van der Waals surface area contributed by atoms with Gasteiger partial charge in [0, 0.05) is 13.0 Å². The Hall–Kier alpha value is -1.34. The third-order valence-electron chi connectivity index (χ3n) is 1.68. The highest BCUT2D eigenvalue weighted by atomic mass is 35.5. The largest absolute Gasteiger partial charge is 1.00 e. The van der Waals surface area contributed by atoms with E-state index in [1.807, 2.05) is 0 Å². The van der Waals surface area contributed by atoms with Gasteiger partial charge in [-0.15, -0.1) is 0 Å². The molecule has 94 valence electrons. The predicted octanol–water partition coefficient (Wildman–Crippen LogP) is -5.55. The van der Waals surface area contributed by atoms with Gasteiger partial charge in [-0.05, 0) is 0 Å². The number of methoxy groups -OCH3 is 2. The second-order valence-corrected chi connectivity index (χ2v) is 2.76. The maximum absolute atomic E-state index is 10.9. The van der Waals surface area contributed by atoms with Crippen LogP contribution < -0.4 is 23.5 Å². The van der Waals surface area contributed by atoms with Gasteiger partial charge < -0.3 is 32.9 Å². The van der Waals surface area contributed by atoms with Gasteiger partial charge in [-0.3, -0.25) is 4.79 Å². The molecule has 4 N–H and O–H groups in total. The molecule has 0 aliphatic rings. The molecule has 0 saturated carbocycles. The summed E-state index contributed by atoms with van der Waals surface area (Å²) in [5.41, 5.74) is 3.53. The molecular formula is C8H15ClN2O5. The Kier molecular flexibility index (Phi) is 9.52. The SMILES string of the molecule is COC(=O)C(=O)NCC[C@H]([NH3+])C(=O)OC.[Cl-]. The van der Waals surface area contributed by atoms with E-state index in [1.165, 1.54) is 7.11 Å². The Balaban J connectivity index is 0. The average molecular weight is 255 g/mol. The van der Waals surface area contributed by atoms with E-state index in [9.17, 15) is 14.4 Å². The number of rotatable bonds is 4. The van der Waals surface area contributed by atoms with Crippen molar-refractivity contribution in [2.24, 2.45) is 0 Å². The molecule has 0 radical (unpaired) electrons. The molecule has 0 aromatic carbocycles. The summed E-state index contributed by atoms with van der Waals surface area (Å²) in [6.07, 6.45) is 0.301. The number of carbonyl (C=O) groups excluding carboxylic acids is 3. The maximum atomic E-state index is 10.9. The number of carbonyl (C=O) groups is 3. The molecule has 0 fully saturated rings. The zero-order valence-electron chi connectivity index (χ0n) is 9.12. The summed E-state index contributed by atoms with van der Waals surface area (Å²) in [6.45, 7) is 0.164. The molecular weight excluding hydrogens is 240 g/mol. The van der Waals surface area contributed by atoms with Crippen molar-refractivity contribution in [3.05, 3.63) is 0 Å². The molecule has 0 unspecified atom stereocenters. The van der Waals surface area contributed by atoms with Crippen molar-refractivity contribution in [3.63, 3.8) is 0 Å². The smallest absolute Gasteiger partial charge is 0.396 e. The maximum Gasteiger partial charge on any atom is 0.396 e. The summed E-state index contributed by atoms with van der Waals surface area (Å²) < 4.78 is 8.61. The van der Waals surface area contributed by atoms with Gasteiger partial charge >= 0.3 is 17.8 Å². The first-order valence-corrected chi connectivity index (χ1v) is 4.30. The van der Waals surface area contributed by atoms with E-state index < -0.39 is 23.9 Å². The van der Waals surface area contributed by atoms with E-state index in [0.29, 0.717) is 6.42 Å². The van der Waals surface area contributed by atoms with Crippen LogP contribution in [0.3, 0.4) is 0 Å². The number of hydrogen-bond acceptors (Lipinski definition) is 5. The molecule has 8 heteroatoms. The number of halogens is 1. The Morgan fingerprint density at radius 2 is 1.81 bits per heavy atom. The fraction of sp³-hybridized carbons (Fsp3) is 0.625. The Bertz CT molecular complexity index is 259. The summed E-state index contributed by atoms with van der Waals surface area (Å²) >= 11 is 0. The highest BCUT2D eigenvalue weighted by molar-refractivity contribution is 6.32. The highest BCUT2D eigenvalue weighted by Crippen LogP contribution is 1.87. The van der Waals surface area contributed by atoms with Gasteiger partial charge in [-0.1, -0.05) is 0 Å². The third kappa shape index (κ3) is 6.20. The van der Waals surface area contributed by atoms with E-state index in [4.69, 9.17) is 0 Å². The van der Waals surface area contributed by atoms with Crippen molar-refractivity contribution in [3.8, 4) is 0 Å². The van der Waals surface area contributed by atoms with Gasteiger partial charge in [0.1, 0.15) is 0 Å². The number of ether oxygens (including phenoxy) is 2. The minimum absolute atomic E-state index is 0.